The van der Waals surface area contributed by atoms with Gasteiger partial charge in [0.25, 0.3) is 5.91 Å². The molecule has 1 aliphatic rings. The van der Waals surface area contributed by atoms with Crippen LogP contribution in [0, 0.1) is 5.82 Å². The maximum absolute atomic E-state index is 13.5. The minimum absolute atomic E-state index is 0.0519. The SMILES string of the molecule is O=C(NCc1ccnc(N2CCCC2=O)c1)c1ccncc1F. The highest BCUT2D eigenvalue weighted by Gasteiger charge is 2.22. The molecule has 0 radical (unpaired) electrons. The van der Waals surface area contributed by atoms with Gasteiger partial charge in [-0.25, -0.2) is 9.37 Å². The summed E-state index contributed by atoms with van der Waals surface area (Å²) in [4.78, 5) is 33.2. The molecule has 3 heterocycles. The zero-order valence-corrected chi connectivity index (χ0v) is 12.3. The second kappa shape index (κ2) is 6.51. The number of carbonyl (C=O) groups is 2. The maximum Gasteiger partial charge on any atom is 0.254 e. The van der Waals surface area contributed by atoms with Gasteiger partial charge in [0, 0.05) is 31.9 Å². The average molecular weight is 314 g/mol. The van der Waals surface area contributed by atoms with Crippen molar-refractivity contribution in [2.45, 2.75) is 19.4 Å². The fourth-order valence-corrected chi connectivity index (χ4v) is 2.45. The van der Waals surface area contributed by atoms with Gasteiger partial charge in [-0.2, -0.15) is 0 Å². The molecule has 3 rings (SSSR count). The number of pyridine rings is 2. The molecule has 0 unspecified atom stereocenters. The summed E-state index contributed by atoms with van der Waals surface area (Å²) in [5.74, 6) is -0.546. The summed E-state index contributed by atoms with van der Waals surface area (Å²) in [5.41, 5.74) is 0.738. The first-order valence-electron chi connectivity index (χ1n) is 7.28. The Morgan fingerprint density at radius 1 is 1.35 bits per heavy atom. The number of rotatable bonds is 4. The van der Waals surface area contributed by atoms with E-state index in [4.69, 9.17) is 0 Å². The zero-order chi connectivity index (χ0) is 16.2. The van der Waals surface area contributed by atoms with Crippen LogP contribution in [0.2, 0.25) is 0 Å². The molecule has 1 saturated heterocycles. The smallest absolute Gasteiger partial charge is 0.254 e. The highest BCUT2D eigenvalue weighted by atomic mass is 19.1. The topological polar surface area (TPSA) is 75.2 Å². The molecule has 0 bridgehead atoms. The third-order valence-corrected chi connectivity index (χ3v) is 3.63. The van der Waals surface area contributed by atoms with Gasteiger partial charge in [0.1, 0.15) is 5.82 Å². The van der Waals surface area contributed by atoms with Crippen molar-refractivity contribution in [1.82, 2.24) is 15.3 Å². The average Bonchev–Trinajstić information content (AvgIpc) is 2.99. The highest BCUT2D eigenvalue weighted by molar-refractivity contribution is 5.95. The molecule has 0 aliphatic carbocycles. The lowest BCUT2D eigenvalue weighted by molar-refractivity contribution is -0.117. The number of amides is 2. The Morgan fingerprint density at radius 3 is 2.96 bits per heavy atom. The highest BCUT2D eigenvalue weighted by Crippen LogP contribution is 2.19. The van der Waals surface area contributed by atoms with Gasteiger partial charge in [-0.15, -0.1) is 0 Å². The summed E-state index contributed by atoms with van der Waals surface area (Å²) in [6.07, 6.45) is 5.31. The van der Waals surface area contributed by atoms with Crippen LogP contribution in [0.15, 0.2) is 36.8 Å². The summed E-state index contributed by atoms with van der Waals surface area (Å²) in [6.45, 7) is 0.877. The van der Waals surface area contributed by atoms with E-state index in [1.165, 1.54) is 12.3 Å². The van der Waals surface area contributed by atoms with Gasteiger partial charge < -0.3 is 5.32 Å². The fourth-order valence-electron chi connectivity index (χ4n) is 2.45. The molecule has 6 nitrogen and oxygen atoms in total. The van der Waals surface area contributed by atoms with E-state index in [9.17, 15) is 14.0 Å². The molecule has 0 aromatic carbocycles. The van der Waals surface area contributed by atoms with Crippen molar-refractivity contribution in [3.05, 3.63) is 53.7 Å². The van der Waals surface area contributed by atoms with Gasteiger partial charge in [-0.3, -0.25) is 19.5 Å². The van der Waals surface area contributed by atoms with E-state index < -0.39 is 11.7 Å². The Balaban J connectivity index is 1.68. The quantitative estimate of drug-likeness (QED) is 0.931. The van der Waals surface area contributed by atoms with Crippen molar-refractivity contribution in [2.24, 2.45) is 0 Å². The standard InChI is InChI=1S/C16H15FN4O2/c17-13-10-18-5-4-12(13)16(23)20-9-11-3-6-19-14(8-11)21-7-1-2-15(21)22/h3-6,8,10H,1-2,7,9H2,(H,20,23). The number of hydrogen-bond acceptors (Lipinski definition) is 4. The van der Waals surface area contributed by atoms with E-state index in [0.717, 1.165) is 18.2 Å². The van der Waals surface area contributed by atoms with Gasteiger partial charge in [-0.1, -0.05) is 0 Å². The summed E-state index contributed by atoms with van der Waals surface area (Å²) < 4.78 is 13.5. The first-order valence-corrected chi connectivity index (χ1v) is 7.28. The van der Waals surface area contributed by atoms with Gasteiger partial charge in [0.05, 0.1) is 11.8 Å². The Kier molecular flexibility index (Phi) is 4.27. The van der Waals surface area contributed by atoms with Gasteiger partial charge in [0.15, 0.2) is 5.82 Å². The Bertz CT molecular complexity index is 750. The van der Waals surface area contributed by atoms with Crippen LogP contribution >= 0.6 is 0 Å². The largest absolute Gasteiger partial charge is 0.348 e. The monoisotopic (exact) mass is 314 g/mol. The molecule has 1 N–H and O–H groups in total. The number of carbonyl (C=O) groups excluding carboxylic acids is 2. The van der Waals surface area contributed by atoms with Crippen LogP contribution in [0.1, 0.15) is 28.8 Å². The van der Waals surface area contributed by atoms with Crippen LogP contribution in [0.3, 0.4) is 0 Å². The van der Waals surface area contributed by atoms with E-state index in [-0.39, 0.29) is 18.0 Å². The van der Waals surface area contributed by atoms with E-state index in [1.54, 1.807) is 23.2 Å². The van der Waals surface area contributed by atoms with Crippen molar-refractivity contribution < 1.29 is 14.0 Å². The number of anilines is 1. The van der Waals surface area contributed by atoms with Crippen LogP contribution in [0.25, 0.3) is 0 Å². The summed E-state index contributed by atoms with van der Waals surface area (Å²) >= 11 is 0. The number of nitrogens with zero attached hydrogens (tertiary/aromatic N) is 3. The predicted octanol–water partition coefficient (Wildman–Crippen LogP) is 1.67. The number of nitrogens with one attached hydrogen (secondary N) is 1. The number of hydrogen-bond donors (Lipinski definition) is 1. The van der Waals surface area contributed by atoms with Crippen molar-refractivity contribution >= 4 is 17.6 Å². The van der Waals surface area contributed by atoms with Gasteiger partial charge >= 0.3 is 0 Å². The third-order valence-electron chi connectivity index (χ3n) is 3.63. The molecule has 2 aromatic heterocycles. The van der Waals surface area contributed by atoms with Crippen molar-refractivity contribution in [1.29, 1.82) is 0 Å². The van der Waals surface area contributed by atoms with E-state index in [0.29, 0.717) is 18.8 Å². The van der Waals surface area contributed by atoms with E-state index in [1.807, 2.05) is 0 Å². The Morgan fingerprint density at radius 2 is 2.22 bits per heavy atom. The molecule has 7 heteroatoms. The second-order valence-corrected chi connectivity index (χ2v) is 5.21. The molecule has 1 fully saturated rings. The molecule has 118 valence electrons. The van der Waals surface area contributed by atoms with Crippen LogP contribution in [0.4, 0.5) is 10.2 Å². The minimum Gasteiger partial charge on any atom is -0.348 e. The molecule has 0 atom stereocenters. The predicted molar refractivity (Wildman–Crippen MR) is 81.2 cm³/mol. The summed E-state index contributed by atoms with van der Waals surface area (Å²) in [5, 5.41) is 2.65. The van der Waals surface area contributed by atoms with Crippen molar-refractivity contribution in [3.8, 4) is 0 Å². The Labute approximate surface area is 132 Å². The first kappa shape index (κ1) is 15.1. The van der Waals surface area contributed by atoms with Crippen molar-refractivity contribution in [3.63, 3.8) is 0 Å². The lowest BCUT2D eigenvalue weighted by Crippen LogP contribution is -2.26. The second-order valence-electron chi connectivity index (χ2n) is 5.21. The van der Waals surface area contributed by atoms with Crippen LogP contribution in [-0.4, -0.2) is 28.3 Å². The van der Waals surface area contributed by atoms with Crippen LogP contribution < -0.4 is 10.2 Å². The minimum atomic E-state index is -0.664. The molecule has 1 aliphatic heterocycles. The molecule has 23 heavy (non-hydrogen) atoms. The molecule has 2 amide bonds. The van der Waals surface area contributed by atoms with Crippen LogP contribution in [0.5, 0.6) is 0 Å². The van der Waals surface area contributed by atoms with Crippen molar-refractivity contribution in [2.75, 3.05) is 11.4 Å². The van der Waals surface area contributed by atoms with E-state index >= 15 is 0 Å². The maximum atomic E-state index is 13.5. The number of halogens is 1. The van der Waals surface area contributed by atoms with E-state index in [2.05, 4.69) is 15.3 Å². The fraction of sp³-hybridized carbons (Fsp3) is 0.250. The van der Waals surface area contributed by atoms with Gasteiger partial charge in [0.2, 0.25) is 5.91 Å². The summed E-state index contributed by atoms with van der Waals surface area (Å²) in [7, 11) is 0. The lowest BCUT2D eigenvalue weighted by atomic mass is 10.2. The molecule has 0 saturated carbocycles. The molecular weight excluding hydrogens is 299 g/mol. The normalized spacial score (nSPS) is 14.1. The Hall–Kier alpha value is -2.83. The summed E-state index contributed by atoms with van der Waals surface area (Å²) in [6, 6.07) is 4.82. The molecule has 2 aromatic rings. The van der Waals surface area contributed by atoms with Gasteiger partial charge in [-0.05, 0) is 30.2 Å². The van der Waals surface area contributed by atoms with Crippen LogP contribution in [-0.2, 0) is 11.3 Å². The molecule has 0 spiro atoms. The molecular formula is C16H15FN4O2. The third kappa shape index (κ3) is 3.33. The zero-order valence-electron chi connectivity index (χ0n) is 12.3. The number of aromatic nitrogens is 2. The lowest BCUT2D eigenvalue weighted by Gasteiger charge is -2.15. The first-order chi connectivity index (χ1) is 11.1.